The van der Waals surface area contributed by atoms with Crippen LogP contribution in [0.2, 0.25) is 0 Å². The Bertz CT molecular complexity index is 2730. The van der Waals surface area contributed by atoms with Crippen molar-refractivity contribution in [3.8, 4) is 45.0 Å². The number of aromatic nitrogens is 2. The van der Waals surface area contributed by atoms with Crippen LogP contribution >= 0.6 is 23.1 Å². The predicted molar refractivity (Wildman–Crippen MR) is 213 cm³/mol. The second kappa shape index (κ2) is 11.1. The summed E-state index contributed by atoms with van der Waals surface area (Å²) < 4.78 is 2.58. The van der Waals surface area contributed by atoms with Gasteiger partial charge >= 0.3 is 0 Å². The first-order valence-electron chi connectivity index (χ1n) is 17.2. The van der Waals surface area contributed by atoms with Crippen molar-refractivity contribution in [1.82, 2.24) is 9.97 Å². The summed E-state index contributed by atoms with van der Waals surface area (Å²) in [6.07, 6.45) is 0. The highest BCUT2D eigenvalue weighted by Gasteiger charge is 2.50. The SMILES string of the molecule is c1ccc(-c2cc(-c3cccc4c3sc3c5c(ccc34)C3(c4ccccc4S5)c4ccccc4-c4ccccc43)nc(-c3ccccc3)n2)cc1. The molecule has 2 aromatic heterocycles. The average Bonchev–Trinajstić information content (AvgIpc) is 3.73. The minimum absolute atomic E-state index is 0.390. The molecule has 4 heteroatoms. The van der Waals surface area contributed by atoms with E-state index in [1.54, 1.807) is 0 Å². The van der Waals surface area contributed by atoms with Gasteiger partial charge in [-0.2, -0.15) is 0 Å². The molecule has 9 aromatic rings. The van der Waals surface area contributed by atoms with Crippen molar-refractivity contribution in [3.63, 3.8) is 0 Å². The molecule has 3 heterocycles. The molecular weight excluding hydrogens is 657 g/mol. The molecule has 1 aliphatic carbocycles. The van der Waals surface area contributed by atoms with Crippen LogP contribution in [0.15, 0.2) is 180 Å². The maximum absolute atomic E-state index is 5.24. The Kier molecular flexibility index (Phi) is 6.30. The Morgan fingerprint density at radius 2 is 1.00 bits per heavy atom. The van der Waals surface area contributed by atoms with Gasteiger partial charge in [0.25, 0.3) is 0 Å². The van der Waals surface area contributed by atoms with Crippen LogP contribution in [0.25, 0.3) is 65.2 Å². The van der Waals surface area contributed by atoms with Crippen LogP contribution in [0.3, 0.4) is 0 Å². The highest BCUT2D eigenvalue weighted by Crippen LogP contribution is 2.63. The number of rotatable bonds is 3. The third-order valence-corrected chi connectivity index (χ3v) is 13.2. The molecule has 0 radical (unpaired) electrons. The molecular formula is C47H28N2S2. The molecule has 11 rings (SSSR count). The van der Waals surface area contributed by atoms with E-state index in [1.807, 2.05) is 47.4 Å². The van der Waals surface area contributed by atoms with Gasteiger partial charge in [-0.25, -0.2) is 9.97 Å². The fourth-order valence-corrected chi connectivity index (χ4v) is 11.2. The van der Waals surface area contributed by atoms with Crippen LogP contribution < -0.4 is 0 Å². The topological polar surface area (TPSA) is 25.8 Å². The molecule has 2 aliphatic rings. The van der Waals surface area contributed by atoms with Crippen molar-refractivity contribution in [2.45, 2.75) is 15.2 Å². The second-order valence-corrected chi connectivity index (χ2v) is 15.3. The van der Waals surface area contributed by atoms with Crippen LogP contribution in [-0.2, 0) is 5.41 Å². The Balaban J connectivity index is 1.19. The van der Waals surface area contributed by atoms with Crippen LogP contribution in [0.5, 0.6) is 0 Å². The van der Waals surface area contributed by atoms with E-state index < -0.39 is 0 Å². The summed E-state index contributed by atoms with van der Waals surface area (Å²) in [5.41, 5.74) is 12.8. The molecule has 0 atom stereocenters. The number of fused-ring (bicyclic) bond motifs is 13. The molecule has 2 nitrogen and oxygen atoms in total. The van der Waals surface area contributed by atoms with E-state index >= 15 is 0 Å². The molecule has 0 N–H and O–H groups in total. The lowest BCUT2D eigenvalue weighted by Crippen LogP contribution is -2.31. The third-order valence-electron chi connectivity index (χ3n) is 10.6. The highest BCUT2D eigenvalue weighted by atomic mass is 32.2. The molecule has 0 saturated heterocycles. The summed E-state index contributed by atoms with van der Waals surface area (Å²) in [4.78, 5) is 13.0. The number of hydrogen-bond donors (Lipinski definition) is 0. The summed E-state index contributed by atoms with van der Waals surface area (Å²) >= 11 is 3.82. The summed E-state index contributed by atoms with van der Waals surface area (Å²) in [5, 5.41) is 2.55. The Morgan fingerprint density at radius 3 is 1.75 bits per heavy atom. The Morgan fingerprint density at radius 1 is 0.412 bits per heavy atom. The van der Waals surface area contributed by atoms with E-state index in [9.17, 15) is 0 Å². The minimum Gasteiger partial charge on any atom is -0.228 e. The van der Waals surface area contributed by atoms with Crippen LogP contribution in [-0.4, -0.2) is 9.97 Å². The molecule has 7 aromatic carbocycles. The molecule has 51 heavy (non-hydrogen) atoms. The van der Waals surface area contributed by atoms with E-state index in [4.69, 9.17) is 9.97 Å². The summed E-state index contributed by atoms with van der Waals surface area (Å²) in [6.45, 7) is 0. The maximum Gasteiger partial charge on any atom is 0.160 e. The van der Waals surface area contributed by atoms with Crippen molar-refractivity contribution >= 4 is 43.3 Å². The first-order chi connectivity index (χ1) is 25.3. The van der Waals surface area contributed by atoms with Crippen LogP contribution in [0.1, 0.15) is 22.3 Å². The molecule has 0 fully saturated rings. The normalized spacial score (nSPS) is 13.6. The zero-order chi connectivity index (χ0) is 33.5. The lowest BCUT2D eigenvalue weighted by Gasteiger charge is -2.39. The van der Waals surface area contributed by atoms with Gasteiger partial charge in [0.1, 0.15) is 0 Å². The third kappa shape index (κ3) is 4.12. The number of benzene rings is 7. The van der Waals surface area contributed by atoms with Crippen molar-refractivity contribution in [1.29, 1.82) is 0 Å². The molecule has 0 saturated carbocycles. The number of nitrogens with zero attached hydrogens (tertiary/aromatic N) is 2. The van der Waals surface area contributed by atoms with Crippen LogP contribution in [0, 0.1) is 0 Å². The quantitative estimate of drug-likeness (QED) is 0.185. The van der Waals surface area contributed by atoms with Gasteiger partial charge in [0.15, 0.2) is 5.82 Å². The molecule has 1 aliphatic heterocycles. The molecule has 238 valence electrons. The van der Waals surface area contributed by atoms with Gasteiger partial charge in [-0.15, -0.1) is 11.3 Å². The molecule has 1 spiro atoms. The molecule has 0 bridgehead atoms. The summed E-state index contributed by atoms with van der Waals surface area (Å²) in [6, 6.07) is 61.5. The van der Waals surface area contributed by atoms with Gasteiger partial charge in [-0.05, 0) is 45.5 Å². The van der Waals surface area contributed by atoms with Gasteiger partial charge in [-0.3, -0.25) is 0 Å². The van der Waals surface area contributed by atoms with Gasteiger partial charge in [0.2, 0.25) is 0 Å². The van der Waals surface area contributed by atoms with Gasteiger partial charge in [-0.1, -0.05) is 169 Å². The zero-order valence-corrected chi connectivity index (χ0v) is 29.0. The number of thiophene rings is 1. The monoisotopic (exact) mass is 684 g/mol. The highest BCUT2D eigenvalue weighted by molar-refractivity contribution is 8.00. The van der Waals surface area contributed by atoms with E-state index in [0.29, 0.717) is 0 Å². The smallest absolute Gasteiger partial charge is 0.160 e. The maximum atomic E-state index is 5.24. The van der Waals surface area contributed by atoms with E-state index in [1.165, 1.54) is 63.3 Å². The minimum atomic E-state index is -0.390. The zero-order valence-electron chi connectivity index (χ0n) is 27.4. The lowest BCUT2D eigenvalue weighted by molar-refractivity contribution is 0.726. The average molecular weight is 685 g/mol. The first kappa shape index (κ1) is 29.0. The summed E-state index contributed by atoms with van der Waals surface area (Å²) in [7, 11) is 0. The predicted octanol–water partition coefficient (Wildman–Crippen LogP) is 12.7. The van der Waals surface area contributed by atoms with Crippen molar-refractivity contribution < 1.29 is 0 Å². The van der Waals surface area contributed by atoms with E-state index in [0.717, 1.165) is 33.9 Å². The first-order valence-corrected chi connectivity index (χ1v) is 18.9. The Hall–Kier alpha value is -5.81. The largest absolute Gasteiger partial charge is 0.228 e. The fourth-order valence-electron chi connectivity index (χ4n) is 8.43. The van der Waals surface area contributed by atoms with Gasteiger partial charge in [0.05, 0.1) is 16.8 Å². The fraction of sp³-hybridized carbons (Fsp3) is 0.0213. The standard InChI is InChI=1S/C47H28N2S2/c1-3-14-29(15-4-1)40-28-41(49-46(48-40)30-16-5-2-6-17-30)35-21-13-20-33-34-26-27-39-45(44(34)51-43(33)35)50-42-25-12-11-24-38(42)47(39)36-22-9-7-18-31(36)32-19-8-10-23-37(32)47/h1-28H. The second-order valence-electron chi connectivity index (χ2n) is 13.2. The van der Waals surface area contributed by atoms with Gasteiger partial charge in [0, 0.05) is 46.7 Å². The molecule has 0 amide bonds. The number of hydrogen-bond acceptors (Lipinski definition) is 4. The van der Waals surface area contributed by atoms with Crippen molar-refractivity contribution in [2.75, 3.05) is 0 Å². The van der Waals surface area contributed by atoms with Crippen LogP contribution in [0.4, 0.5) is 0 Å². The molecule has 0 unspecified atom stereocenters. The lowest BCUT2D eigenvalue weighted by atomic mass is 9.67. The van der Waals surface area contributed by atoms with Gasteiger partial charge < -0.3 is 0 Å². The van der Waals surface area contributed by atoms with E-state index in [-0.39, 0.29) is 5.41 Å². The van der Waals surface area contributed by atoms with Crippen molar-refractivity contribution in [3.05, 3.63) is 192 Å². The Labute approximate surface area is 304 Å². The summed E-state index contributed by atoms with van der Waals surface area (Å²) in [5.74, 6) is 0.732. The van der Waals surface area contributed by atoms with Crippen molar-refractivity contribution in [2.24, 2.45) is 0 Å². The van der Waals surface area contributed by atoms with E-state index in [2.05, 4.69) is 146 Å².